The van der Waals surface area contributed by atoms with Gasteiger partial charge in [0.15, 0.2) is 0 Å². The molecule has 4 heteroatoms. The molecule has 0 saturated carbocycles. The number of halogens is 1. The molecule has 0 fully saturated rings. The number of hydrogen-bond donors (Lipinski definition) is 0. The molecule has 0 N–H and O–H groups in total. The average molecular weight is 285 g/mol. The molecule has 2 radical (unpaired) electrons. The van der Waals surface area contributed by atoms with Crippen LogP contribution in [0.5, 0.6) is 0 Å². The van der Waals surface area contributed by atoms with Gasteiger partial charge in [0.2, 0.25) is 0 Å². The minimum Gasteiger partial charge on any atom is 0 e. The van der Waals surface area contributed by atoms with Gasteiger partial charge >= 0.3 is 34.6 Å². The van der Waals surface area contributed by atoms with E-state index >= 15 is 0 Å². The third-order valence-corrected chi connectivity index (χ3v) is 0. The van der Waals surface area contributed by atoms with Crippen LogP contribution in [0.25, 0.3) is 0 Å². The fourth-order valence-electron chi connectivity index (χ4n) is 0. The molecule has 0 rings (SSSR count). The Labute approximate surface area is 67.4 Å². The van der Waals surface area contributed by atoms with Crippen molar-refractivity contribution in [2.45, 2.75) is 0 Å². The average Bonchev–Trinajstić information content (AvgIpc) is 1.00. The summed E-state index contributed by atoms with van der Waals surface area (Å²) in [5, 5.41) is 0. The normalized spacial score (nSPS) is 1.00. The third kappa shape index (κ3) is 8.83. The molecule has 0 amide bonds. The van der Waals surface area contributed by atoms with E-state index in [2.05, 4.69) is 12.2 Å². The van der Waals surface area contributed by atoms with Crippen LogP contribution in [0.3, 0.4) is 0 Å². The van der Waals surface area contributed by atoms with Crippen molar-refractivity contribution >= 4 is 12.2 Å². The van der Waals surface area contributed by atoms with E-state index in [4.69, 9.17) is 0 Å². The molecule has 0 unspecified atom stereocenters. The van der Waals surface area contributed by atoms with Crippen LogP contribution in [0.2, 0.25) is 0 Å². The van der Waals surface area contributed by atoms with Crippen LogP contribution >= 0.6 is 12.2 Å². The number of rotatable bonds is 0. The molecule has 0 aliphatic rings. The van der Waals surface area contributed by atoms with Gasteiger partial charge in [-0.2, -0.15) is 0 Å². The first kappa shape index (κ1) is 16.2. The van der Waals surface area contributed by atoms with Crippen molar-refractivity contribution in [3.05, 3.63) is 0 Å². The molecule has 27 valence electrons. The summed E-state index contributed by atoms with van der Waals surface area (Å²) in [7, 11) is 0. The predicted molar refractivity (Wildman–Crippen MR) is 8.93 cm³/mol. The van der Waals surface area contributed by atoms with Crippen LogP contribution in [0.4, 0.5) is 0 Å². The second kappa shape index (κ2) is 18.2. The molecule has 0 heterocycles. The maximum atomic E-state index is 3.03. The van der Waals surface area contributed by atoms with Crippen molar-refractivity contribution in [3.63, 3.8) is 0 Å². The molecular weight excluding hydrogens is 285 g/mol. The minimum absolute atomic E-state index is 0. The first-order chi connectivity index (χ1) is 1.00. The minimum atomic E-state index is 0. The predicted octanol–water partition coefficient (Wildman–Crippen LogP) is 0.838. The van der Waals surface area contributed by atoms with E-state index in [1.165, 1.54) is 22.4 Å². The van der Waals surface area contributed by atoms with Gasteiger partial charge in [0, 0.05) is 33.8 Å². The van der Waals surface area contributed by atoms with Crippen molar-refractivity contribution in [2.75, 3.05) is 0 Å². The van der Waals surface area contributed by atoms with Crippen molar-refractivity contribution in [1.29, 1.82) is 0 Å². The van der Waals surface area contributed by atoms with Crippen molar-refractivity contribution in [3.8, 4) is 0 Å². The van der Waals surface area contributed by atoms with Crippen LogP contribution in [-0.4, -0.2) is 0 Å². The summed E-state index contributed by atoms with van der Waals surface area (Å²) in [5.41, 5.74) is 0. The van der Waals surface area contributed by atoms with Crippen molar-refractivity contribution < 1.29 is 56.2 Å². The second-order valence-corrected chi connectivity index (χ2v) is 0. The van der Waals surface area contributed by atoms with Crippen LogP contribution in [0.1, 0.15) is 0 Å². The zero-order valence-corrected chi connectivity index (χ0v) is 7.85. The van der Waals surface area contributed by atoms with E-state index in [9.17, 15) is 0 Å². The Kier molecular flexibility index (Phi) is 73.5. The van der Waals surface area contributed by atoms with E-state index in [-0.39, 0.29) is 33.8 Å². The molecule has 0 aliphatic heterocycles. The standard InChI is InChI=1S/BrH.Co.Mn.Zr/h1H;;;/q;;;+1/p-1. The van der Waals surface area contributed by atoms with Gasteiger partial charge in [-0.3, -0.25) is 0 Å². The smallest absolute Gasteiger partial charge is 0 e. The number of hydrogen-bond acceptors (Lipinski definition) is 0. The Morgan fingerprint density at radius 3 is 1.25 bits per heavy atom. The first-order valence-corrected chi connectivity index (χ1v) is 5.81. The van der Waals surface area contributed by atoms with Crippen LogP contribution in [0, 0.1) is 0 Å². The maximum Gasteiger partial charge on any atom is 0 e. The van der Waals surface area contributed by atoms with Crippen LogP contribution < -0.4 is 0 Å². The summed E-state index contributed by atoms with van der Waals surface area (Å²) in [6.45, 7) is 0. The van der Waals surface area contributed by atoms with E-state index in [0.29, 0.717) is 0 Å². The van der Waals surface area contributed by atoms with Gasteiger partial charge in [0.1, 0.15) is 0 Å². The monoisotopic (exact) mass is 283 g/mol. The molecule has 4 heavy (non-hydrogen) atoms. The summed E-state index contributed by atoms with van der Waals surface area (Å²) >= 11 is 4.39. The topological polar surface area (TPSA) is 0 Å². The van der Waals surface area contributed by atoms with Gasteiger partial charge < -0.3 is 0 Å². The van der Waals surface area contributed by atoms with Crippen molar-refractivity contribution in [1.82, 2.24) is 0 Å². The Bertz CT molecular complexity index is 8.00. The summed E-state index contributed by atoms with van der Waals surface area (Å²) in [4.78, 5) is 0. The quantitative estimate of drug-likeness (QED) is 0.579. The maximum absolute atomic E-state index is 3.03. The fourth-order valence-corrected chi connectivity index (χ4v) is 0. The molecule has 0 saturated heterocycles. The van der Waals surface area contributed by atoms with E-state index in [0.717, 1.165) is 0 Å². The van der Waals surface area contributed by atoms with E-state index < -0.39 is 0 Å². The second-order valence-electron chi connectivity index (χ2n) is 0. The van der Waals surface area contributed by atoms with Gasteiger partial charge in [0.25, 0.3) is 0 Å². The Hall–Kier alpha value is 2.39. The first-order valence-electron chi connectivity index (χ1n) is 0.189. The van der Waals surface area contributed by atoms with Crippen LogP contribution in [-0.2, 0) is 56.2 Å². The molecule has 0 aromatic heterocycles. The Morgan fingerprint density at radius 2 is 1.25 bits per heavy atom. The molecular formula is BrCoMnZr. The van der Waals surface area contributed by atoms with Gasteiger partial charge in [-0.15, -0.1) is 0 Å². The van der Waals surface area contributed by atoms with Crippen molar-refractivity contribution in [2.24, 2.45) is 0 Å². The van der Waals surface area contributed by atoms with Gasteiger partial charge in [0.05, 0.1) is 0 Å². The molecule has 0 aromatic carbocycles. The van der Waals surface area contributed by atoms with Crippen LogP contribution in [0.15, 0.2) is 0 Å². The zero-order chi connectivity index (χ0) is 2.00. The van der Waals surface area contributed by atoms with Gasteiger partial charge in [-0.05, 0) is 0 Å². The molecule has 0 nitrogen and oxygen atoms in total. The molecule has 0 aliphatic carbocycles. The molecule has 0 atom stereocenters. The third-order valence-electron chi connectivity index (χ3n) is 0. The van der Waals surface area contributed by atoms with E-state index in [1.807, 2.05) is 0 Å². The summed E-state index contributed by atoms with van der Waals surface area (Å²) in [6, 6.07) is 0. The summed E-state index contributed by atoms with van der Waals surface area (Å²) in [5.74, 6) is 0. The van der Waals surface area contributed by atoms with Gasteiger partial charge in [-0.25, -0.2) is 0 Å². The molecule has 0 bridgehead atoms. The zero-order valence-electron chi connectivity index (χ0n) is 1.59. The van der Waals surface area contributed by atoms with E-state index in [1.54, 1.807) is 0 Å². The Balaban J connectivity index is -0.00000000500. The largest absolute Gasteiger partial charge is 0 e. The SMILES string of the molecule is [Br][Zr].[Co].[Mn]. The molecule has 0 aromatic rings. The fraction of sp³-hybridized carbons (Fsp3) is 0. The summed E-state index contributed by atoms with van der Waals surface area (Å²) in [6.07, 6.45) is 0. The summed E-state index contributed by atoms with van der Waals surface area (Å²) < 4.78 is 0. The molecule has 0 spiro atoms. The Morgan fingerprint density at radius 1 is 1.25 bits per heavy atom. The van der Waals surface area contributed by atoms with Gasteiger partial charge in [-0.1, -0.05) is 0 Å².